The quantitative estimate of drug-likeness (QED) is 0.861. The predicted molar refractivity (Wildman–Crippen MR) is 79.1 cm³/mol. The number of hydrogen-bond donors (Lipinski definition) is 1. The van der Waals surface area contributed by atoms with Crippen molar-refractivity contribution in [3.63, 3.8) is 0 Å². The minimum atomic E-state index is -0.288. The average Bonchev–Trinajstić information content (AvgIpc) is 2.33. The number of nitrogens with one attached hydrogen (secondary N) is 1. The molecule has 0 aliphatic carbocycles. The Bertz CT molecular complexity index is 646. The SMILES string of the molecule is Cc1nnc(NC(=O)c2ccc(Br)cc2Br)nc1C. The average molecular weight is 386 g/mol. The number of hydrogen-bond acceptors (Lipinski definition) is 4. The van der Waals surface area contributed by atoms with Crippen LogP contribution < -0.4 is 5.32 Å². The fourth-order valence-corrected chi connectivity index (χ4v) is 2.58. The molecule has 0 aliphatic rings. The van der Waals surface area contributed by atoms with Crippen LogP contribution >= 0.6 is 31.9 Å². The van der Waals surface area contributed by atoms with Crippen molar-refractivity contribution in [3.05, 3.63) is 44.1 Å². The van der Waals surface area contributed by atoms with E-state index in [9.17, 15) is 4.79 Å². The molecule has 1 N–H and O–H groups in total. The topological polar surface area (TPSA) is 67.8 Å². The summed E-state index contributed by atoms with van der Waals surface area (Å²) < 4.78 is 1.58. The van der Waals surface area contributed by atoms with E-state index in [4.69, 9.17) is 0 Å². The molecule has 1 heterocycles. The van der Waals surface area contributed by atoms with Gasteiger partial charge in [-0.25, -0.2) is 4.98 Å². The van der Waals surface area contributed by atoms with Gasteiger partial charge in [-0.3, -0.25) is 10.1 Å². The van der Waals surface area contributed by atoms with E-state index in [1.54, 1.807) is 18.2 Å². The van der Waals surface area contributed by atoms with Crippen LogP contribution in [0.5, 0.6) is 0 Å². The van der Waals surface area contributed by atoms with Crippen LogP contribution in [0.15, 0.2) is 27.1 Å². The van der Waals surface area contributed by atoms with Gasteiger partial charge in [0.05, 0.1) is 17.0 Å². The highest BCUT2D eigenvalue weighted by molar-refractivity contribution is 9.11. The van der Waals surface area contributed by atoms with Crippen LogP contribution in [0.25, 0.3) is 0 Å². The van der Waals surface area contributed by atoms with Crippen LogP contribution in [0, 0.1) is 13.8 Å². The smallest absolute Gasteiger partial charge is 0.259 e. The number of aromatic nitrogens is 3. The summed E-state index contributed by atoms with van der Waals surface area (Å²) in [4.78, 5) is 16.2. The summed E-state index contributed by atoms with van der Waals surface area (Å²) >= 11 is 6.67. The molecule has 0 bridgehead atoms. The molecule has 1 aromatic heterocycles. The number of nitrogens with zero attached hydrogens (tertiary/aromatic N) is 3. The minimum absolute atomic E-state index is 0.197. The molecule has 0 saturated carbocycles. The number of anilines is 1. The molecule has 5 nitrogen and oxygen atoms in total. The zero-order valence-corrected chi connectivity index (χ0v) is 13.4. The standard InChI is InChI=1S/C12H10Br2N4O/c1-6-7(2)17-18-12(15-6)16-11(19)9-4-3-8(13)5-10(9)14/h3-5H,1-2H3,(H,15,16,18,19). The van der Waals surface area contributed by atoms with E-state index >= 15 is 0 Å². The molecule has 7 heteroatoms. The van der Waals surface area contributed by atoms with E-state index in [2.05, 4.69) is 52.4 Å². The fourth-order valence-electron chi connectivity index (χ4n) is 1.35. The number of halogens is 2. The first-order valence-electron chi connectivity index (χ1n) is 5.41. The lowest BCUT2D eigenvalue weighted by atomic mass is 10.2. The Morgan fingerprint density at radius 2 is 1.89 bits per heavy atom. The highest BCUT2D eigenvalue weighted by Crippen LogP contribution is 2.22. The summed E-state index contributed by atoms with van der Waals surface area (Å²) in [5.74, 6) is -0.0904. The molecule has 1 aromatic carbocycles. The number of carbonyl (C=O) groups is 1. The normalized spacial score (nSPS) is 10.3. The Morgan fingerprint density at radius 3 is 2.53 bits per heavy atom. The maximum atomic E-state index is 12.1. The summed E-state index contributed by atoms with van der Waals surface area (Å²) in [5, 5.41) is 10.4. The number of rotatable bonds is 2. The number of carbonyl (C=O) groups excluding carboxylic acids is 1. The van der Waals surface area contributed by atoms with Gasteiger partial charge < -0.3 is 0 Å². The molecular weight excluding hydrogens is 376 g/mol. The lowest BCUT2D eigenvalue weighted by Crippen LogP contribution is -2.16. The van der Waals surface area contributed by atoms with Crippen molar-refractivity contribution in [3.8, 4) is 0 Å². The predicted octanol–water partition coefficient (Wildman–Crippen LogP) is 3.27. The van der Waals surface area contributed by atoms with Gasteiger partial charge in [-0.15, -0.1) is 5.10 Å². The highest BCUT2D eigenvalue weighted by Gasteiger charge is 2.12. The van der Waals surface area contributed by atoms with Crippen molar-refractivity contribution < 1.29 is 4.79 Å². The van der Waals surface area contributed by atoms with Crippen molar-refractivity contribution >= 4 is 43.7 Å². The molecule has 0 fully saturated rings. The molecule has 19 heavy (non-hydrogen) atoms. The monoisotopic (exact) mass is 384 g/mol. The third kappa shape index (κ3) is 3.36. The van der Waals surface area contributed by atoms with Crippen LogP contribution in [-0.4, -0.2) is 21.1 Å². The number of benzene rings is 1. The maximum Gasteiger partial charge on any atom is 0.259 e. The number of aryl methyl sites for hydroxylation is 2. The Morgan fingerprint density at radius 1 is 1.16 bits per heavy atom. The summed E-state index contributed by atoms with van der Waals surface area (Å²) in [6, 6.07) is 5.30. The zero-order valence-electron chi connectivity index (χ0n) is 10.2. The molecule has 0 radical (unpaired) electrons. The maximum absolute atomic E-state index is 12.1. The van der Waals surface area contributed by atoms with Crippen molar-refractivity contribution in [1.29, 1.82) is 0 Å². The molecule has 0 aliphatic heterocycles. The fraction of sp³-hybridized carbons (Fsp3) is 0.167. The lowest BCUT2D eigenvalue weighted by Gasteiger charge is -2.06. The van der Waals surface area contributed by atoms with Crippen LogP contribution in [0.2, 0.25) is 0 Å². The van der Waals surface area contributed by atoms with Gasteiger partial charge in [0.1, 0.15) is 0 Å². The van der Waals surface area contributed by atoms with Crippen LogP contribution in [0.1, 0.15) is 21.7 Å². The van der Waals surface area contributed by atoms with E-state index in [1.165, 1.54) is 0 Å². The molecule has 0 unspecified atom stereocenters. The van der Waals surface area contributed by atoms with Crippen molar-refractivity contribution in [1.82, 2.24) is 15.2 Å². The van der Waals surface area contributed by atoms with E-state index < -0.39 is 0 Å². The highest BCUT2D eigenvalue weighted by atomic mass is 79.9. The zero-order chi connectivity index (χ0) is 14.0. The molecule has 0 atom stereocenters. The summed E-state index contributed by atoms with van der Waals surface area (Å²) in [6.07, 6.45) is 0. The summed E-state index contributed by atoms with van der Waals surface area (Å²) in [7, 11) is 0. The Balaban J connectivity index is 2.23. The second kappa shape index (κ2) is 5.75. The van der Waals surface area contributed by atoms with E-state index in [-0.39, 0.29) is 11.9 Å². The number of amides is 1. The third-order valence-corrected chi connectivity index (χ3v) is 3.64. The minimum Gasteiger partial charge on any atom is -0.289 e. The molecule has 1 amide bonds. The second-order valence-corrected chi connectivity index (χ2v) is 5.65. The van der Waals surface area contributed by atoms with Gasteiger partial charge in [0, 0.05) is 8.95 Å². The molecule has 2 aromatic rings. The van der Waals surface area contributed by atoms with Crippen LogP contribution in [0.3, 0.4) is 0 Å². The van der Waals surface area contributed by atoms with Gasteiger partial charge >= 0.3 is 0 Å². The van der Waals surface area contributed by atoms with Gasteiger partial charge in [0.25, 0.3) is 5.91 Å². The molecule has 0 spiro atoms. The molecular formula is C12H10Br2N4O. The lowest BCUT2D eigenvalue weighted by molar-refractivity contribution is 0.102. The molecule has 2 rings (SSSR count). The van der Waals surface area contributed by atoms with E-state index in [1.807, 2.05) is 13.8 Å². The Kier molecular flexibility index (Phi) is 4.26. The van der Waals surface area contributed by atoms with Crippen molar-refractivity contribution in [2.75, 3.05) is 5.32 Å². The van der Waals surface area contributed by atoms with Crippen LogP contribution in [-0.2, 0) is 0 Å². The third-order valence-electron chi connectivity index (χ3n) is 2.49. The van der Waals surface area contributed by atoms with Crippen molar-refractivity contribution in [2.45, 2.75) is 13.8 Å². The summed E-state index contributed by atoms with van der Waals surface area (Å²) in [5.41, 5.74) is 1.98. The first-order valence-corrected chi connectivity index (χ1v) is 7.00. The first kappa shape index (κ1) is 14.1. The van der Waals surface area contributed by atoms with E-state index in [0.717, 1.165) is 15.9 Å². The van der Waals surface area contributed by atoms with Gasteiger partial charge in [0.2, 0.25) is 5.95 Å². The first-order chi connectivity index (χ1) is 8.97. The summed E-state index contributed by atoms with van der Waals surface area (Å²) in [6.45, 7) is 3.63. The van der Waals surface area contributed by atoms with Crippen molar-refractivity contribution in [2.24, 2.45) is 0 Å². The molecule has 0 saturated heterocycles. The van der Waals surface area contributed by atoms with Gasteiger partial charge in [-0.2, -0.15) is 5.10 Å². The van der Waals surface area contributed by atoms with E-state index in [0.29, 0.717) is 10.0 Å². The second-order valence-electron chi connectivity index (χ2n) is 3.88. The Hall–Kier alpha value is -1.34. The Labute approximate surface area is 127 Å². The van der Waals surface area contributed by atoms with Gasteiger partial charge in [-0.05, 0) is 48.0 Å². The molecule has 98 valence electrons. The van der Waals surface area contributed by atoms with Gasteiger partial charge in [0.15, 0.2) is 0 Å². The largest absolute Gasteiger partial charge is 0.289 e. The van der Waals surface area contributed by atoms with Crippen LogP contribution in [0.4, 0.5) is 5.95 Å². The van der Waals surface area contributed by atoms with Gasteiger partial charge in [-0.1, -0.05) is 15.9 Å².